The maximum absolute atomic E-state index is 11.3. The van der Waals surface area contributed by atoms with Crippen LogP contribution in [0.3, 0.4) is 0 Å². The van der Waals surface area contributed by atoms with Crippen LogP contribution in [-0.2, 0) is 4.79 Å². The monoisotopic (exact) mass is 279 g/mol. The fourth-order valence-electron chi connectivity index (χ4n) is 2.81. The van der Waals surface area contributed by atoms with Crippen LogP contribution in [0.25, 0.3) is 11.1 Å². The molecule has 1 aromatic heterocycles. The van der Waals surface area contributed by atoms with Crippen LogP contribution in [0.4, 0.5) is 0 Å². The van der Waals surface area contributed by atoms with Gasteiger partial charge in [-0.2, -0.15) is 0 Å². The van der Waals surface area contributed by atoms with Crippen LogP contribution in [0.5, 0.6) is 0 Å². The minimum atomic E-state index is -0.766. The highest BCUT2D eigenvalue weighted by molar-refractivity contribution is 6.34. The van der Waals surface area contributed by atoms with E-state index in [9.17, 15) is 9.90 Å². The number of rotatable bonds is 2. The Morgan fingerprint density at radius 1 is 1.37 bits per heavy atom. The van der Waals surface area contributed by atoms with Crippen LogP contribution < -0.4 is 0 Å². The molecule has 2 unspecified atom stereocenters. The maximum atomic E-state index is 11.3. The Morgan fingerprint density at radius 3 is 2.89 bits per heavy atom. The first kappa shape index (κ1) is 12.5. The Balaban J connectivity index is 2.02. The van der Waals surface area contributed by atoms with E-state index in [1.54, 1.807) is 6.07 Å². The summed E-state index contributed by atoms with van der Waals surface area (Å²) in [4.78, 5) is 15.7. The Morgan fingerprint density at radius 2 is 2.16 bits per heavy atom. The molecule has 3 rings (SSSR count). The fourth-order valence-corrected chi connectivity index (χ4v) is 3.02. The molecule has 1 saturated carbocycles. The number of hydrogen-bond acceptors (Lipinski definition) is 3. The third-order valence-electron chi connectivity index (χ3n) is 3.78. The zero-order chi connectivity index (χ0) is 13.4. The maximum Gasteiger partial charge on any atom is 0.307 e. The van der Waals surface area contributed by atoms with Crippen LogP contribution in [0.2, 0.25) is 5.02 Å². The Labute approximate surface area is 115 Å². The van der Waals surface area contributed by atoms with Crippen molar-refractivity contribution in [2.45, 2.75) is 31.6 Å². The van der Waals surface area contributed by atoms with E-state index in [1.165, 1.54) is 0 Å². The van der Waals surface area contributed by atoms with Crippen molar-refractivity contribution in [2.75, 3.05) is 0 Å². The van der Waals surface area contributed by atoms with Gasteiger partial charge in [-0.1, -0.05) is 30.5 Å². The molecule has 100 valence electrons. The van der Waals surface area contributed by atoms with E-state index < -0.39 is 11.9 Å². The normalized spacial score (nSPS) is 23.6. The average molecular weight is 280 g/mol. The number of oxazole rings is 1. The number of halogens is 1. The molecule has 0 aliphatic heterocycles. The number of aromatic nitrogens is 1. The molecule has 5 heteroatoms. The Hall–Kier alpha value is -1.55. The second-order valence-electron chi connectivity index (χ2n) is 4.98. The van der Waals surface area contributed by atoms with Crippen molar-refractivity contribution in [1.29, 1.82) is 0 Å². The third-order valence-corrected chi connectivity index (χ3v) is 4.08. The van der Waals surface area contributed by atoms with Crippen LogP contribution in [0.15, 0.2) is 22.6 Å². The topological polar surface area (TPSA) is 63.3 Å². The van der Waals surface area contributed by atoms with Gasteiger partial charge in [-0.05, 0) is 25.0 Å². The van der Waals surface area contributed by atoms with Gasteiger partial charge in [0.2, 0.25) is 0 Å². The molecule has 19 heavy (non-hydrogen) atoms. The molecule has 0 saturated heterocycles. The van der Waals surface area contributed by atoms with Gasteiger partial charge in [-0.15, -0.1) is 0 Å². The van der Waals surface area contributed by atoms with Crippen molar-refractivity contribution in [3.8, 4) is 0 Å². The number of carboxylic acid groups (broad SMARTS) is 1. The number of aliphatic carboxylic acids is 1. The third kappa shape index (κ3) is 2.21. The summed E-state index contributed by atoms with van der Waals surface area (Å²) in [5.74, 6) is -0.802. The minimum Gasteiger partial charge on any atom is -0.481 e. The van der Waals surface area contributed by atoms with Crippen molar-refractivity contribution in [3.05, 3.63) is 29.1 Å². The molecule has 0 amide bonds. The van der Waals surface area contributed by atoms with Crippen molar-refractivity contribution < 1.29 is 14.3 Å². The number of nitrogens with zero attached hydrogens (tertiary/aromatic N) is 1. The number of benzene rings is 1. The van der Waals surface area contributed by atoms with E-state index in [4.69, 9.17) is 16.0 Å². The van der Waals surface area contributed by atoms with Gasteiger partial charge < -0.3 is 9.52 Å². The average Bonchev–Trinajstić information content (AvgIpc) is 2.84. The van der Waals surface area contributed by atoms with Gasteiger partial charge in [-0.25, -0.2) is 4.98 Å². The van der Waals surface area contributed by atoms with Gasteiger partial charge in [0.1, 0.15) is 5.52 Å². The highest BCUT2D eigenvalue weighted by Gasteiger charge is 2.35. The Bertz CT molecular complexity index is 622. The number of carboxylic acids is 1. The van der Waals surface area contributed by atoms with Crippen LogP contribution in [0.1, 0.15) is 37.5 Å². The van der Waals surface area contributed by atoms with Gasteiger partial charge in [-0.3, -0.25) is 4.79 Å². The molecule has 2 atom stereocenters. The van der Waals surface area contributed by atoms with Crippen LogP contribution >= 0.6 is 11.6 Å². The molecule has 0 radical (unpaired) electrons. The van der Waals surface area contributed by atoms with Gasteiger partial charge in [0.25, 0.3) is 0 Å². The SMILES string of the molecule is O=C(O)C1CCCCC1c1nc2cccc(Cl)c2o1. The number of fused-ring (bicyclic) bond motifs is 1. The van der Waals surface area contributed by atoms with Crippen LogP contribution in [-0.4, -0.2) is 16.1 Å². The summed E-state index contributed by atoms with van der Waals surface area (Å²) >= 11 is 6.06. The van der Waals surface area contributed by atoms with Gasteiger partial charge in [0.05, 0.1) is 10.9 Å². The van der Waals surface area contributed by atoms with Crippen molar-refractivity contribution in [3.63, 3.8) is 0 Å². The van der Waals surface area contributed by atoms with Crippen molar-refractivity contribution in [1.82, 2.24) is 4.98 Å². The first-order valence-corrected chi connectivity index (χ1v) is 6.82. The zero-order valence-electron chi connectivity index (χ0n) is 10.3. The standard InChI is InChI=1S/C14H14ClNO3/c15-10-6-3-7-11-12(10)19-13(16-11)8-4-1-2-5-9(8)14(17)18/h3,6-9H,1-2,4-5H2,(H,17,18). The summed E-state index contributed by atoms with van der Waals surface area (Å²) in [6.45, 7) is 0. The summed E-state index contributed by atoms with van der Waals surface area (Å²) < 4.78 is 5.71. The number of hydrogen-bond donors (Lipinski definition) is 1. The molecule has 1 aromatic carbocycles. The fraction of sp³-hybridized carbons (Fsp3) is 0.429. The molecule has 0 spiro atoms. The van der Waals surface area contributed by atoms with Gasteiger partial charge >= 0.3 is 5.97 Å². The lowest BCUT2D eigenvalue weighted by molar-refractivity contribution is -0.143. The second kappa shape index (κ2) is 4.85. The lowest BCUT2D eigenvalue weighted by Crippen LogP contribution is -2.25. The molecular formula is C14H14ClNO3. The molecule has 4 nitrogen and oxygen atoms in total. The molecular weight excluding hydrogens is 266 g/mol. The van der Waals surface area contributed by atoms with E-state index in [2.05, 4.69) is 4.98 Å². The number of carbonyl (C=O) groups is 1. The lowest BCUT2D eigenvalue weighted by Gasteiger charge is -2.25. The predicted octanol–water partition coefficient (Wildman–Crippen LogP) is 3.84. The minimum absolute atomic E-state index is 0.144. The predicted molar refractivity (Wildman–Crippen MR) is 71.4 cm³/mol. The highest BCUT2D eigenvalue weighted by Crippen LogP contribution is 2.39. The largest absolute Gasteiger partial charge is 0.481 e. The summed E-state index contributed by atoms with van der Waals surface area (Å²) in [7, 11) is 0. The highest BCUT2D eigenvalue weighted by atomic mass is 35.5. The summed E-state index contributed by atoms with van der Waals surface area (Å²) in [5.41, 5.74) is 1.24. The molecule has 1 aliphatic carbocycles. The van der Waals surface area contributed by atoms with Crippen molar-refractivity contribution in [2.24, 2.45) is 5.92 Å². The van der Waals surface area contributed by atoms with E-state index in [0.29, 0.717) is 28.4 Å². The summed E-state index contributed by atoms with van der Waals surface area (Å²) in [6, 6.07) is 5.38. The van der Waals surface area contributed by atoms with E-state index >= 15 is 0 Å². The zero-order valence-corrected chi connectivity index (χ0v) is 11.1. The van der Waals surface area contributed by atoms with E-state index in [-0.39, 0.29) is 5.92 Å². The first-order valence-electron chi connectivity index (χ1n) is 6.44. The van der Waals surface area contributed by atoms with Crippen LogP contribution in [0, 0.1) is 5.92 Å². The Kier molecular flexibility index (Phi) is 3.19. The first-order chi connectivity index (χ1) is 9.16. The second-order valence-corrected chi connectivity index (χ2v) is 5.38. The molecule has 1 N–H and O–H groups in total. The molecule has 1 aliphatic rings. The molecule has 1 heterocycles. The van der Waals surface area contributed by atoms with E-state index in [0.717, 1.165) is 19.3 Å². The van der Waals surface area contributed by atoms with Crippen molar-refractivity contribution >= 4 is 28.7 Å². The summed E-state index contributed by atoms with van der Waals surface area (Å²) in [6.07, 6.45) is 3.46. The lowest BCUT2D eigenvalue weighted by atomic mass is 9.79. The molecule has 0 bridgehead atoms. The molecule has 1 fully saturated rings. The quantitative estimate of drug-likeness (QED) is 0.907. The van der Waals surface area contributed by atoms with Gasteiger partial charge in [0.15, 0.2) is 11.5 Å². The van der Waals surface area contributed by atoms with E-state index in [1.807, 2.05) is 12.1 Å². The smallest absolute Gasteiger partial charge is 0.307 e. The summed E-state index contributed by atoms with van der Waals surface area (Å²) in [5, 5.41) is 9.82. The van der Waals surface area contributed by atoms with Gasteiger partial charge in [0, 0.05) is 5.92 Å². The number of para-hydroxylation sites is 1. The molecule has 2 aromatic rings.